The van der Waals surface area contributed by atoms with E-state index in [1.165, 1.54) is 0 Å². The summed E-state index contributed by atoms with van der Waals surface area (Å²) in [6.07, 6.45) is 3.60. The van der Waals surface area contributed by atoms with E-state index < -0.39 is 0 Å². The molecule has 0 radical (unpaired) electrons. The molecule has 1 saturated carbocycles. The van der Waals surface area contributed by atoms with Crippen LogP contribution in [0.1, 0.15) is 37.2 Å². The lowest BCUT2D eigenvalue weighted by Gasteiger charge is -2.37. The van der Waals surface area contributed by atoms with Gasteiger partial charge in [0.1, 0.15) is 5.75 Å². The Morgan fingerprint density at radius 1 is 1.33 bits per heavy atom. The van der Waals surface area contributed by atoms with Crippen molar-refractivity contribution in [3.05, 3.63) is 29.8 Å². The van der Waals surface area contributed by atoms with Crippen molar-refractivity contribution >= 4 is 5.91 Å². The van der Waals surface area contributed by atoms with Crippen LogP contribution in [0.2, 0.25) is 0 Å². The molecule has 4 rings (SSSR count). The third-order valence-corrected chi connectivity index (χ3v) is 5.57. The number of hydrogen-bond donors (Lipinski definition) is 1. The number of carbonyl (C=O) groups excluding carboxylic acids is 1. The quantitative estimate of drug-likeness (QED) is 0.919. The summed E-state index contributed by atoms with van der Waals surface area (Å²) < 4.78 is 16.9. The normalized spacial score (nSPS) is 35.0. The third kappa shape index (κ3) is 3.03. The SMILES string of the molecule is COc1ccccc1[C@@H]1C[C@H]1C(=O)N[C@@H]1CCO[C@]2(CCOC2)C1. The summed E-state index contributed by atoms with van der Waals surface area (Å²) in [5.41, 5.74) is 0.981. The van der Waals surface area contributed by atoms with Gasteiger partial charge < -0.3 is 19.5 Å². The second kappa shape index (κ2) is 6.37. The zero-order chi connectivity index (χ0) is 16.6. The molecule has 3 aliphatic rings. The van der Waals surface area contributed by atoms with Crippen molar-refractivity contribution in [1.29, 1.82) is 0 Å². The molecule has 3 fully saturated rings. The maximum absolute atomic E-state index is 12.6. The molecular formula is C19H25NO4. The summed E-state index contributed by atoms with van der Waals surface area (Å²) in [5, 5.41) is 3.25. The number of nitrogens with one attached hydrogen (secondary N) is 1. The molecule has 4 atom stereocenters. The molecule has 0 bridgehead atoms. The highest BCUT2D eigenvalue weighted by atomic mass is 16.6. The van der Waals surface area contributed by atoms with E-state index in [4.69, 9.17) is 14.2 Å². The molecule has 2 heterocycles. The van der Waals surface area contributed by atoms with Crippen molar-refractivity contribution in [2.24, 2.45) is 5.92 Å². The second-order valence-electron chi connectivity index (χ2n) is 7.22. The van der Waals surface area contributed by atoms with Crippen LogP contribution in [0.25, 0.3) is 0 Å². The Bertz CT molecular complexity index is 611. The molecule has 1 amide bonds. The molecule has 1 spiro atoms. The highest BCUT2D eigenvalue weighted by Gasteiger charge is 2.47. The number of carbonyl (C=O) groups is 1. The first-order chi connectivity index (χ1) is 11.7. The summed E-state index contributed by atoms with van der Waals surface area (Å²) in [5.74, 6) is 1.41. The maximum Gasteiger partial charge on any atom is 0.223 e. The highest BCUT2D eigenvalue weighted by Crippen LogP contribution is 2.50. The molecule has 5 heteroatoms. The molecule has 24 heavy (non-hydrogen) atoms. The van der Waals surface area contributed by atoms with Gasteiger partial charge in [-0.05, 0) is 36.8 Å². The predicted molar refractivity (Wildman–Crippen MR) is 89.1 cm³/mol. The van der Waals surface area contributed by atoms with Gasteiger partial charge in [-0.3, -0.25) is 4.79 Å². The van der Waals surface area contributed by atoms with Gasteiger partial charge in [-0.15, -0.1) is 0 Å². The summed E-state index contributed by atoms with van der Waals surface area (Å²) in [4.78, 5) is 12.6. The number of hydrogen-bond acceptors (Lipinski definition) is 4. The predicted octanol–water partition coefficient (Wildman–Crippen LogP) is 2.25. The molecule has 1 aliphatic carbocycles. The van der Waals surface area contributed by atoms with Crippen LogP contribution >= 0.6 is 0 Å². The van der Waals surface area contributed by atoms with E-state index in [1.807, 2.05) is 18.2 Å². The van der Waals surface area contributed by atoms with E-state index in [0.717, 1.165) is 43.6 Å². The lowest BCUT2D eigenvalue weighted by atomic mass is 9.89. The number of ether oxygens (including phenoxy) is 3. The summed E-state index contributed by atoms with van der Waals surface area (Å²) in [6, 6.07) is 8.20. The maximum atomic E-state index is 12.6. The first-order valence-electron chi connectivity index (χ1n) is 8.86. The Morgan fingerprint density at radius 3 is 3.00 bits per heavy atom. The summed E-state index contributed by atoms with van der Waals surface area (Å²) in [7, 11) is 1.68. The number of rotatable bonds is 4. The smallest absolute Gasteiger partial charge is 0.223 e. The molecule has 0 unspecified atom stereocenters. The fraction of sp³-hybridized carbons (Fsp3) is 0.632. The number of methoxy groups -OCH3 is 1. The van der Waals surface area contributed by atoms with E-state index >= 15 is 0 Å². The molecule has 2 aliphatic heterocycles. The van der Waals surface area contributed by atoms with Crippen LogP contribution in [0, 0.1) is 5.92 Å². The Hall–Kier alpha value is -1.59. The van der Waals surface area contributed by atoms with E-state index in [-0.39, 0.29) is 29.4 Å². The number of benzene rings is 1. The van der Waals surface area contributed by atoms with Crippen molar-refractivity contribution in [2.75, 3.05) is 26.9 Å². The van der Waals surface area contributed by atoms with E-state index in [2.05, 4.69) is 11.4 Å². The summed E-state index contributed by atoms with van der Waals surface area (Å²) >= 11 is 0. The molecule has 2 saturated heterocycles. The van der Waals surface area contributed by atoms with Gasteiger partial charge in [0.25, 0.3) is 0 Å². The van der Waals surface area contributed by atoms with Gasteiger partial charge in [-0.2, -0.15) is 0 Å². The molecule has 1 aromatic carbocycles. The van der Waals surface area contributed by atoms with Gasteiger partial charge in [0, 0.05) is 31.6 Å². The Morgan fingerprint density at radius 2 is 2.21 bits per heavy atom. The van der Waals surface area contributed by atoms with Gasteiger partial charge in [-0.1, -0.05) is 18.2 Å². The highest BCUT2D eigenvalue weighted by molar-refractivity contribution is 5.83. The minimum Gasteiger partial charge on any atom is -0.496 e. The van der Waals surface area contributed by atoms with Crippen LogP contribution in [-0.2, 0) is 14.3 Å². The first kappa shape index (κ1) is 15.9. The van der Waals surface area contributed by atoms with Gasteiger partial charge in [0.05, 0.1) is 19.3 Å². The standard InChI is InChI=1S/C19H25NO4/c1-22-17-5-3-2-4-14(17)15-10-16(15)18(21)20-13-6-8-24-19(11-13)7-9-23-12-19/h2-5,13,15-16H,6-12H2,1H3,(H,20,21)/t13-,15+,16-,19-/m1/s1. The van der Waals surface area contributed by atoms with Crippen molar-refractivity contribution in [2.45, 2.75) is 43.2 Å². The molecule has 0 aromatic heterocycles. The van der Waals surface area contributed by atoms with Crippen LogP contribution in [0.4, 0.5) is 0 Å². The second-order valence-corrected chi connectivity index (χ2v) is 7.22. The minimum absolute atomic E-state index is 0.0694. The van der Waals surface area contributed by atoms with Crippen LogP contribution < -0.4 is 10.1 Å². The van der Waals surface area contributed by atoms with Gasteiger partial charge in [0.2, 0.25) is 5.91 Å². The average molecular weight is 331 g/mol. The lowest BCUT2D eigenvalue weighted by molar-refractivity contribution is -0.126. The van der Waals surface area contributed by atoms with Crippen molar-refractivity contribution in [1.82, 2.24) is 5.32 Å². The zero-order valence-corrected chi connectivity index (χ0v) is 14.1. The van der Waals surface area contributed by atoms with Crippen LogP contribution in [0.15, 0.2) is 24.3 Å². The Balaban J connectivity index is 1.36. The number of amides is 1. The van der Waals surface area contributed by atoms with Gasteiger partial charge in [-0.25, -0.2) is 0 Å². The van der Waals surface area contributed by atoms with Crippen molar-refractivity contribution in [3.63, 3.8) is 0 Å². The van der Waals surface area contributed by atoms with Crippen molar-refractivity contribution < 1.29 is 19.0 Å². The fourth-order valence-electron chi connectivity index (χ4n) is 4.12. The van der Waals surface area contributed by atoms with Crippen LogP contribution in [0.5, 0.6) is 5.75 Å². The van der Waals surface area contributed by atoms with E-state index in [1.54, 1.807) is 7.11 Å². The topological polar surface area (TPSA) is 56.8 Å². The fourth-order valence-corrected chi connectivity index (χ4v) is 4.12. The average Bonchev–Trinajstić information content (AvgIpc) is 3.29. The van der Waals surface area contributed by atoms with E-state index in [0.29, 0.717) is 13.2 Å². The van der Waals surface area contributed by atoms with Crippen LogP contribution in [-0.4, -0.2) is 44.5 Å². The molecule has 130 valence electrons. The van der Waals surface area contributed by atoms with Gasteiger partial charge in [0.15, 0.2) is 0 Å². The minimum atomic E-state index is -0.165. The summed E-state index contributed by atoms with van der Waals surface area (Å²) in [6.45, 7) is 2.13. The molecule has 5 nitrogen and oxygen atoms in total. The first-order valence-corrected chi connectivity index (χ1v) is 8.86. The lowest BCUT2D eigenvalue weighted by Crippen LogP contribution is -2.49. The van der Waals surface area contributed by atoms with Gasteiger partial charge >= 0.3 is 0 Å². The largest absolute Gasteiger partial charge is 0.496 e. The van der Waals surface area contributed by atoms with Crippen molar-refractivity contribution in [3.8, 4) is 5.75 Å². The zero-order valence-electron chi connectivity index (χ0n) is 14.1. The third-order valence-electron chi connectivity index (χ3n) is 5.57. The molecule has 1 N–H and O–H groups in total. The number of para-hydroxylation sites is 1. The van der Waals surface area contributed by atoms with E-state index in [9.17, 15) is 4.79 Å². The Kier molecular flexibility index (Phi) is 4.22. The molecular weight excluding hydrogens is 306 g/mol. The van der Waals surface area contributed by atoms with Crippen LogP contribution in [0.3, 0.4) is 0 Å². The molecule has 1 aromatic rings. The monoisotopic (exact) mass is 331 g/mol. The Labute approximate surface area is 142 Å².